The van der Waals surface area contributed by atoms with Crippen molar-refractivity contribution in [1.82, 2.24) is 19.5 Å². The molecule has 3 atom stereocenters. The van der Waals surface area contributed by atoms with Gasteiger partial charge in [0.05, 0.1) is 6.33 Å². The standard InChI is InChI=1S/C46H81N5O5/c1-3-5-7-9-11-13-15-17-19-21-23-25-27-29-31-33-42(52)54-36-40-39(35-41(55-40)51-38-50-44-45(47)48-37-49-46(44)51)56-43(53)34-32-30-28-26-24-22-20-18-16-14-12-10-8-6-4-2/h37-41H,3-36H2,1-2H3,(H2,47,48,49)/t39-,40+,41+/m0/s1. The number of imidazole rings is 1. The van der Waals surface area contributed by atoms with Crippen molar-refractivity contribution in [3.05, 3.63) is 12.7 Å². The van der Waals surface area contributed by atoms with Crippen LogP contribution in [0.4, 0.5) is 5.82 Å². The monoisotopic (exact) mass is 784 g/mol. The maximum atomic E-state index is 13.0. The van der Waals surface area contributed by atoms with E-state index in [1.807, 2.05) is 0 Å². The topological polar surface area (TPSA) is 131 Å². The van der Waals surface area contributed by atoms with Gasteiger partial charge in [0.2, 0.25) is 0 Å². The maximum absolute atomic E-state index is 13.0. The fourth-order valence-electron chi connectivity index (χ4n) is 7.98. The Bertz CT molecular complexity index is 1290. The first-order valence-electron chi connectivity index (χ1n) is 23.5. The van der Waals surface area contributed by atoms with Gasteiger partial charge in [0.15, 0.2) is 11.5 Å². The van der Waals surface area contributed by atoms with Gasteiger partial charge in [-0.2, -0.15) is 0 Å². The predicted molar refractivity (Wildman–Crippen MR) is 228 cm³/mol. The molecule has 0 bridgehead atoms. The highest BCUT2D eigenvalue weighted by atomic mass is 16.6. The molecule has 0 amide bonds. The second-order valence-electron chi connectivity index (χ2n) is 16.6. The summed E-state index contributed by atoms with van der Waals surface area (Å²) in [6.07, 6.45) is 41.0. The smallest absolute Gasteiger partial charge is 0.306 e. The zero-order valence-electron chi connectivity index (χ0n) is 35.8. The number of hydrogen-bond acceptors (Lipinski definition) is 9. The van der Waals surface area contributed by atoms with E-state index in [2.05, 4.69) is 28.8 Å². The molecule has 2 aromatic heterocycles. The number of nitrogens with zero attached hydrogens (tertiary/aromatic N) is 4. The third-order valence-corrected chi connectivity index (χ3v) is 11.5. The van der Waals surface area contributed by atoms with Crippen LogP contribution in [0.15, 0.2) is 12.7 Å². The summed E-state index contributed by atoms with van der Waals surface area (Å²) in [5.74, 6) is -0.171. The summed E-state index contributed by atoms with van der Waals surface area (Å²) >= 11 is 0. The van der Waals surface area contributed by atoms with Crippen molar-refractivity contribution in [3.63, 3.8) is 0 Å². The summed E-state index contributed by atoms with van der Waals surface area (Å²) in [5, 5.41) is 0. The van der Waals surface area contributed by atoms with Gasteiger partial charge in [-0.05, 0) is 12.8 Å². The van der Waals surface area contributed by atoms with Crippen LogP contribution >= 0.6 is 0 Å². The highest BCUT2D eigenvalue weighted by Crippen LogP contribution is 2.34. The van der Waals surface area contributed by atoms with Crippen LogP contribution in [0, 0.1) is 0 Å². The molecule has 1 saturated heterocycles. The number of ether oxygens (including phenoxy) is 3. The number of aromatic nitrogens is 4. The fraction of sp³-hybridized carbons (Fsp3) is 0.848. The van der Waals surface area contributed by atoms with Gasteiger partial charge in [-0.3, -0.25) is 14.2 Å². The molecule has 320 valence electrons. The van der Waals surface area contributed by atoms with Crippen LogP contribution in [-0.4, -0.2) is 50.3 Å². The zero-order valence-corrected chi connectivity index (χ0v) is 35.8. The number of hydrogen-bond donors (Lipinski definition) is 1. The molecule has 0 saturated carbocycles. The third kappa shape index (κ3) is 20.6. The van der Waals surface area contributed by atoms with Crippen molar-refractivity contribution in [2.75, 3.05) is 12.3 Å². The summed E-state index contributed by atoms with van der Waals surface area (Å²) in [6, 6.07) is 0. The van der Waals surface area contributed by atoms with E-state index in [1.54, 1.807) is 10.9 Å². The van der Waals surface area contributed by atoms with E-state index in [0.717, 1.165) is 38.5 Å². The van der Waals surface area contributed by atoms with E-state index < -0.39 is 18.4 Å². The highest BCUT2D eigenvalue weighted by molar-refractivity contribution is 5.81. The third-order valence-electron chi connectivity index (χ3n) is 11.5. The number of esters is 2. The number of nitrogen functional groups attached to an aromatic ring is 1. The Morgan fingerprint density at radius 1 is 0.625 bits per heavy atom. The van der Waals surface area contributed by atoms with Crippen LogP contribution in [0.2, 0.25) is 0 Å². The van der Waals surface area contributed by atoms with Gasteiger partial charge in [-0.25, -0.2) is 15.0 Å². The van der Waals surface area contributed by atoms with E-state index in [4.69, 9.17) is 19.9 Å². The van der Waals surface area contributed by atoms with Crippen molar-refractivity contribution in [3.8, 4) is 0 Å². The van der Waals surface area contributed by atoms with Crippen LogP contribution in [0.3, 0.4) is 0 Å². The molecular weight excluding hydrogens is 703 g/mol. The number of anilines is 1. The Morgan fingerprint density at radius 3 is 1.52 bits per heavy atom. The molecule has 0 unspecified atom stereocenters. The molecule has 1 fully saturated rings. The highest BCUT2D eigenvalue weighted by Gasteiger charge is 2.40. The van der Waals surface area contributed by atoms with E-state index >= 15 is 0 Å². The first-order valence-corrected chi connectivity index (χ1v) is 23.5. The molecule has 0 radical (unpaired) electrons. The normalized spacial score (nSPS) is 16.9. The van der Waals surface area contributed by atoms with Gasteiger partial charge in [0.25, 0.3) is 0 Å². The van der Waals surface area contributed by atoms with E-state index in [0.29, 0.717) is 36.2 Å². The predicted octanol–water partition coefficient (Wildman–Crippen LogP) is 12.7. The lowest BCUT2D eigenvalue weighted by Gasteiger charge is -2.19. The molecule has 2 N–H and O–H groups in total. The first-order chi connectivity index (χ1) is 27.5. The number of carbonyl (C=O) groups is 2. The van der Waals surface area contributed by atoms with Crippen LogP contribution in [0.1, 0.15) is 232 Å². The quantitative estimate of drug-likeness (QED) is 0.0530. The maximum Gasteiger partial charge on any atom is 0.306 e. The van der Waals surface area contributed by atoms with Crippen molar-refractivity contribution >= 4 is 28.9 Å². The Hall–Kier alpha value is -2.75. The molecule has 3 heterocycles. The lowest BCUT2D eigenvalue weighted by molar-refractivity contribution is -0.158. The van der Waals surface area contributed by atoms with Gasteiger partial charge in [0, 0.05) is 19.3 Å². The lowest BCUT2D eigenvalue weighted by Crippen LogP contribution is -2.32. The first kappa shape index (κ1) is 47.6. The van der Waals surface area contributed by atoms with Gasteiger partial charge < -0.3 is 19.9 Å². The van der Waals surface area contributed by atoms with Crippen molar-refractivity contribution < 1.29 is 23.8 Å². The zero-order chi connectivity index (χ0) is 39.9. The molecular formula is C46H81N5O5. The molecule has 56 heavy (non-hydrogen) atoms. The minimum atomic E-state index is -0.577. The minimum absolute atomic E-state index is 0.0364. The van der Waals surface area contributed by atoms with E-state index in [9.17, 15) is 9.59 Å². The molecule has 3 rings (SSSR count). The average molecular weight is 784 g/mol. The summed E-state index contributed by atoms with van der Waals surface area (Å²) in [7, 11) is 0. The number of carbonyl (C=O) groups excluding carboxylic acids is 2. The van der Waals surface area contributed by atoms with Crippen molar-refractivity contribution in [1.29, 1.82) is 0 Å². The fourth-order valence-corrected chi connectivity index (χ4v) is 7.98. The molecule has 0 aromatic carbocycles. The Morgan fingerprint density at radius 2 is 1.05 bits per heavy atom. The molecule has 0 spiro atoms. The Kier molecular flexibility index (Phi) is 26.6. The summed E-state index contributed by atoms with van der Waals surface area (Å²) < 4.78 is 19.8. The second-order valence-corrected chi connectivity index (χ2v) is 16.6. The summed E-state index contributed by atoms with van der Waals surface area (Å²) in [6.45, 7) is 4.58. The molecule has 2 aromatic rings. The van der Waals surface area contributed by atoms with Crippen LogP contribution in [0.25, 0.3) is 11.2 Å². The van der Waals surface area contributed by atoms with E-state index in [-0.39, 0.29) is 18.5 Å². The number of rotatable bonds is 36. The summed E-state index contributed by atoms with van der Waals surface area (Å²) in [4.78, 5) is 38.5. The van der Waals surface area contributed by atoms with E-state index in [1.165, 1.54) is 160 Å². The molecule has 0 aliphatic carbocycles. The van der Waals surface area contributed by atoms with Crippen molar-refractivity contribution in [2.24, 2.45) is 0 Å². The van der Waals surface area contributed by atoms with Gasteiger partial charge in [0.1, 0.15) is 36.9 Å². The molecule has 1 aliphatic rings. The van der Waals surface area contributed by atoms with Crippen LogP contribution < -0.4 is 5.73 Å². The Balaban J connectivity index is 1.29. The number of unbranched alkanes of at least 4 members (excludes halogenated alkanes) is 28. The van der Waals surface area contributed by atoms with Gasteiger partial charge in [-0.1, -0.05) is 194 Å². The number of nitrogens with two attached hydrogens (primary N) is 1. The lowest BCUT2D eigenvalue weighted by atomic mass is 10.0. The van der Waals surface area contributed by atoms with Gasteiger partial charge in [-0.15, -0.1) is 0 Å². The molecule has 10 nitrogen and oxygen atoms in total. The second kappa shape index (κ2) is 31.3. The molecule has 1 aliphatic heterocycles. The number of fused-ring (bicyclic) bond motifs is 1. The van der Waals surface area contributed by atoms with Crippen LogP contribution in [-0.2, 0) is 23.8 Å². The van der Waals surface area contributed by atoms with Crippen LogP contribution in [0.5, 0.6) is 0 Å². The van der Waals surface area contributed by atoms with Gasteiger partial charge >= 0.3 is 11.9 Å². The largest absolute Gasteiger partial charge is 0.463 e. The SMILES string of the molecule is CCCCCCCCCCCCCCCCCC(=O)OC[C@H]1O[C@@H](n2cnc3c(N)ncnc32)C[C@@H]1OC(=O)CCCCCCCCCCCCCCCCC. The average Bonchev–Trinajstić information content (AvgIpc) is 3.81. The molecule has 10 heteroatoms. The minimum Gasteiger partial charge on any atom is -0.463 e. The van der Waals surface area contributed by atoms with Crippen molar-refractivity contribution in [2.45, 2.75) is 244 Å². The Labute approximate surface area is 340 Å². The summed E-state index contributed by atoms with van der Waals surface area (Å²) in [5.41, 5.74) is 7.07.